The molecular weight excluding hydrogens is 504 g/mol. The lowest BCUT2D eigenvalue weighted by molar-refractivity contribution is 0.0706. The average molecular weight is 526 g/mol. The minimum Gasteiger partial charge on any atom is -0.366 e. The average Bonchev–Trinajstić information content (AvgIpc) is 3.23. The first kappa shape index (κ1) is 21.9. The number of carbonyl (C=O) groups is 1. The van der Waals surface area contributed by atoms with Crippen LogP contribution in [0.25, 0.3) is 5.65 Å². The number of amides is 1. The number of likely N-dealkylation sites (tertiary alicyclic amines) is 1. The van der Waals surface area contributed by atoms with Gasteiger partial charge in [0.15, 0.2) is 5.65 Å². The monoisotopic (exact) mass is 524 g/mol. The van der Waals surface area contributed by atoms with Crippen molar-refractivity contribution in [3.63, 3.8) is 0 Å². The summed E-state index contributed by atoms with van der Waals surface area (Å²) in [4.78, 5) is 24.1. The van der Waals surface area contributed by atoms with Gasteiger partial charge in [-0.15, -0.1) is 0 Å². The maximum atomic E-state index is 13.1. The molecule has 4 heterocycles. The first-order chi connectivity index (χ1) is 16.1. The number of nitrogens with zero attached hydrogens (tertiary/aromatic N) is 5. The SMILES string of the molecule is O=C(c1cccc(Cl)c1)N1CCCC(c2cc(NCc3cccnc3)n3ncc(Br)c3n2)C1. The van der Waals surface area contributed by atoms with Crippen LogP contribution in [0.15, 0.2) is 65.5 Å². The van der Waals surface area contributed by atoms with Crippen LogP contribution in [-0.4, -0.2) is 43.5 Å². The van der Waals surface area contributed by atoms with E-state index in [4.69, 9.17) is 16.6 Å². The van der Waals surface area contributed by atoms with Crippen LogP contribution in [0.2, 0.25) is 5.02 Å². The summed E-state index contributed by atoms with van der Waals surface area (Å²) in [5.74, 6) is 0.985. The summed E-state index contributed by atoms with van der Waals surface area (Å²) in [5, 5.41) is 8.49. The second kappa shape index (κ2) is 9.49. The van der Waals surface area contributed by atoms with Crippen molar-refractivity contribution in [2.75, 3.05) is 18.4 Å². The van der Waals surface area contributed by atoms with Crippen molar-refractivity contribution in [2.45, 2.75) is 25.3 Å². The molecule has 0 bridgehead atoms. The van der Waals surface area contributed by atoms with E-state index in [2.05, 4.69) is 31.3 Å². The Morgan fingerprint density at radius 3 is 2.94 bits per heavy atom. The van der Waals surface area contributed by atoms with E-state index in [-0.39, 0.29) is 11.8 Å². The van der Waals surface area contributed by atoms with Crippen LogP contribution in [-0.2, 0) is 6.54 Å². The summed E-state index contributed by atoms with van der Waals surface area (Å²) in [5.41, 5.74) is 3.38. The molecule has 1 aliphatic heterocycles. The van der Waals surface area contributed by atoms with Crippen LogP contribution < -0.4 is 5.32 Å². The van der Waals surface area contributed by atoms with Crippen LogP contribution in [0.1, 0.15) is 40.4 Å². The van der Waals surface area contributed by atoms with Crippen LogP contribution in [0.4, 0.5) is 5.82 Å². The highest BCUT2D eigenvalue weighted by molar-refractivity contribution is 9.10. The molecule has 33 heavy (non-hydrogen) atoms. The molecule has 9 heteroatoms. The molecule has 7 nitrogen and oxygen atoms in total. The Bertz CT molecular complexity index is 1290. The number of hydrogen-bond acceptors (Lipinski definition) is 5. The molecule has 1 fully saturated rings. The van der Waals surface area contributed by atoms with Gasteiger partial charge in [0.1, 0.15) is 5.82 Å². The van der Waals surface area contributed by atoms with Gasteiger partial charge in [0.05, 0.1) is 16.4 Å². The van der Waals surface area contributed by atoms with E-state index < -0.39 is 0 Å². The van der Waals surface area contributed by atoms with E-state index in [1.807, 2.05) is 41.4 Å². The van der Waals surface area contributed by atoms with Gasteiger partial charge < -0.3 is 10.2 Å². The Labute approximate surface area is 204 Å². The molecular formula is C24H22BrClN6O. The van der Waals surface area contributed by atoms with Gasteiger partial charge in [0, 0.05) is 54.6 Å². The van der Waals surface area contributed by atoms with Gasteiger partial charge in [0.2, 0.25) is 0 Å². The van der Waals surface area contributed by atoms with Crippen molar-refractivity contribution in [3.8, 4) is 0 Å². The second-order valence-electron chi connectivity index (χ2n) is 8.11. The van der Waals surface area contributed by atoms with Gasteiger partial charge in [-0.1, -0.05) is 23.7 Å². The fourth-order valence-corrected chi connectivity index (χ4v) is 4.73. The largest absolute Gasteiger partial charge is 0.366 e. The Hall–Kier alpha value is -2.97. The number of anilines is 1. The first-order valence-electron chi connectivity index (χ1n) is 10.8. The number of hydrogen-bond donors (Lipinski definition) is 1. The number of pyridine rings is 1. The quantitative estimate of drug-likeness (QED) is 0.389. The standard InChI is InChI=1S/C24H22BrClN6O/c25-20-14-29-32-22(28-13-16-4-2-8-27-12-16)11-21(30-23(20)32)18-6-3-9-31(15-18)24(33)17-5-1-7-19(26)10-17/h1-2,4-5,7-8,10-12,14,18,28H,3,6,9,13,15H2. The topological polar surface area (TPSA) is 75.4 Å². The van der Waals surface area contributed by atoms with Crippen molar-refractivity contribution >= 4 is 44.9 Å². The molecule has 168 valence electrons. The molecule has 1 aromatic carbocycles. The number of rotatable bonds is 5. The zero-order valence-electron chi connectivity index (χ0n) is 17.8. The summed E-state index contributed by atoms with van der Waals surface area (Å²) < 4.78 is 2.62. The molecule has 0 aliphatic carbocycles. The lowest BCUT2D eigenvalue weighted by atomic mass is 9.94. The molecule has 1 atom stereocenters. The predicted molar refractivity (Wildman–Crippen MR) is 132 cm³/mol. The second-order valence-corrected chi connectivity index (χ2v) is 9.40. The summed E-state index contributed by atoms with van der Waals surface area (Å²) in [6.07, 6.45) is 7.23. The van der Waals surface area contributed by atoms with Gasteiger partial charge in [-0.3, -0.25) is 9.78 Å². The summed E-state index contributed by atoms with van der Waals surface area (Å²) >= 11 is 9.67. The normalized spacial score (nSPS) is 16.2. The van der Waals surface area contributed by atoms with Crippen LogP contribution in [0, 0.1) is 0 Å². The maximum absolute atomic E-state index is 13.1. The van der Waals surface area contributed by atoms with Crippen LogP contribution in [0.5, 0.6) is 0 Å². The highest BCUT2D eigenvalue weighted by Gasteiger charge is 2.27. The minimum absolute atomic E-state index is 0.00346. The molecule has 0 spiro atoms. The molecule has 0 saturated carbocycles. The minimum atomic E-state index is 0.00346. The van der Waals surface area contributed by atoms with E-state index in [1.165, 1.54) is 0 Å². The summed E-state index contributed by atoms with van der Waals surface area (Å²) in [6, 6.07) is 13.1. The highest BCUT2D eigenvalue weighted by Crippen LogP contribution is 2.30. The van der Waals surface area contributed by atoms with Crippen LogP contribution >= 0.6 is 27.5 Å². The van der Waals surface area contributed by atoms with Gasteiger partial charge >= 0.3 is 0 Å². The Kier molecular flexibility index (Phi) is 6.28. The molecule has 5 rings (SSSR count). The van der Waals surface area contributed by atoms with Crippen molar-refractivity contribution in [3.05, 3.63) is 87.4 Å². The van der Waals surface area contributed by atoms with Gasteiger partial charge in [0.25, 0.3) is 5.91 Å². The molecule has 1 N–H and O–H groups in total. The lowest BCUT2D eigenvalue weighted by Crippen LogP contribution is -2.39. The third-order valence-electron chi connectivity index (χ3n) is 5.84. The number of halogens is 2. The first-order valence-corrected chi connectivity index (χ1v) is 12.0. The molecule has 1 amide bonds. The van der Waals surface area contributed by atoms with E-state index in [0.29, 0.717) is 23.7 Å². The number of carbonyl (C=O) groups excluding carboxylic acids is 1. The smallest absolute Gasteiger partial charge is 0.253 e. The molecule has 1 unspecified atom stereocenters. The summed E-state index contributed by atoms with van der Waals surface area (Å²) in [6.45, 7) is 1.96. The van der Waals surface area contributed by atoms with Gasteiger partial charge in [-0.05, 0) is 58.6 Å². The zero-order valence-corrected chi connectivity index (χ0v) is 20.1. The predicted octanol–water partition coefficient (Wildman–Crippen LogP) is 5.17. The fraction of sp³-hybridized carbons (Fsp3) is 0.250. The van der Waals surface area contributed by atoms with E-state index >= 15 is 0 Å². The summed E-state index contributed by atoms with van der Waals surface area (Å²) in [7, 11) is 0. The van der Waals surface area contributed by atoms with E-state index in [0.717, 1.165) is 46.6 Å². The Morgan fingerprint density at radius 1 is 1.21 bits per heavy atom. The van der Waals surface area contributed by atoms with Crippen molar-refractivity contribution in [1.29, 1.82) is 0 Å². The Morgan fingerprint density at radius 2 is 2.12 bits per heavy atom. The number of aromatic nitrogens is 4. The molecule has 1 aliphatic rings. The molecule has 1 saturated heterocycles. The zero-order chi connectivity index (χ0) is 22.8. The van der Waals surface area contributed by atoms with Gasteiger partial charge in [-0.2, -0.15) is 9.61 Å². The third kappa shape index (κ3) is 4.72. The van der Waals surface area contributed by atoms with E-state index in [9.17, 15) is 4.79 Å². The molecule has 3 aromatic heterocycles. The van der Waals surface area contributed by atoms with Crippen molar-refractivity contribution < 1.29 is 4.79 Å². The highest BCUT2D eigenvalue weighted by atomic mass is 79.9. The number of benzene rings is 1. The fourth-order valence-electron chi connectivity index (χ4n) is 4.19. The number of fused-ring (bicyclic) bond motifs is 1. The van der Waals surface area contributed by atoms with Crippen molar-refractivity contribution in [1.82, 2.24) is 24.5 Å². The number of piperidine rings is 1. The van der Waals surface area contributed by atoms with E-state index in [1.54, 1.807) is 29.0 Å². The molecule has 0 radical (unpaired) electrons. The van der Waals surface area contributed by atoms with Crippen LogP contribution in [0.3, 0.4) is 0 Å². The lowest BCUT2D eigenvalue weighted by Gasteiger charge is -2.33. The van der Waals surface area contributed by atoms with Crippen molar-refractivity contribution in [2.24, 2.45) is 0 Å². The Balaban J connectivity index is 1.41. The third-order valence-corrected chi connectivity index (χ3v) is 6.64. The maximum Gasteiger partial charge on any atom is 0.253 e. The molecule has 4 aromatic rings. The van der Waals surface area contributed by atoms with Gasteiger partial charge in [-0.25, -0.2) is 4.98 Å². The number of nitrogens with one attached hydrogen (secondary N) is 1.